The second kappa shape index (κ2) is 10.5. The van der Waals surface area contributed by atoms with Crippen LogP contribution in [-0.4, -0.2) is 34.1 Å². The van der Waals surface area contributed by atoms with Crippen LogP contribution < -0.4 is 10.6 Å². The fraction of sp³-hybridized carbons (Fsp3) is 0.500. The minimum atomic E-state index is -0.638. The highest BCUT2D eigenvalue weighted by atomic mass is 127. The summed E-state index contributed by atoms with van der Waals surface area (Å²) in [6, 6.07) is 3.58. The molecule has 1 unspecified atom stereocenters. The molecule has 2 aromatic rings. The molecular formula is C18H28IN5O2. The molecule has 0 aromatic carbocycles. The number of aromatic nitrogens is 2. The Bertz CT molecular complexity index is 682. The van der Waals surface area contributed by atoms with Gasteiger partial charge in [0.1, 0.15) is 12.3 Å². The van der Waals surface area contributed by atoms with Gasteiger partial charge in [-0.05, 0) is 24.6 Å². The lowest BCUT2D eigenvalue weighted by molar-refractivity contribution is 0.180. The third-order valence-electron chi connectivity index (χ3n) is 3.56. The van der Waals surface area contributed by atoms with E-state index < -0.39 is 6.10 Å². The quantitative estimate of drug-likeness (QED) is 0.339. The summed E-state index contributed by atoms with van der Waals surface area (Å²) in [4.78, 5) is 12.7. The first-order valence-electron chi connectivity index (χ1n) is 8.45. The van der Waals surface area contributed by atoms with Gasteiger partial charge >= 0.3 is 0 Å². The Kier molecular flexibility index (Phi) is 9.00. The maximum atomic E-state index is 10.2. The molecule has 0 amide bonds. The van der Waals surface area contributed by atoms with Crippen molar-refractivity contribution < 1.29 is 9.52 Å². The fourth-order valence-corrected chi connectivity index (χ4v) is 2.12. The van der Waals surface area contributed by atoms with Crippen molar-refractivity contribution in [2.75, 3.05) is 13.1 Å². The number of nitrogens with zero attached hydrogens (tertiary/aromatic N) is 3. The Morgan fingerprint density at radius 2 is 1.96 bits per heavy atom. The molecule has 0 aliphatic carbocycles. The van der Waals surface area contributed by atoms with Crippen LogP contribution in [-0.2, 0) is 12.0 Å². The topological polar surface area (TPSA) is 95.6 Å². The Morgan fingerprint density at radius 3 is 2.54 bits per heavy atom. The van der Waals surface area contributed by atoms with E-state index in [1.165, 1.54) is 0 Å². The molecule has 2 aromatic heterocycles. The van der Waals surface area contributed by atoms with Gasteiger partial charge in [0, 0.05) is 30.9 Å². The first-order chi connectivity index (χ1) is 11.9. The van der Waals surface area contributed by atoms with Crippen LogP contribution in [0.5, 0.6) is 0 Å². The van der Waals surface area contributed by atoms with Crippen molar-refractivity contribution in [2.24, 2.45) is 4.99 Å². The Labute approximate surface area is 171 Å². The summed E-state index contributed by atoms with van der Waals surface area (Å²) in [6.07, 6.45) is 4.43. The molecule has 8 heteroatoms. The van der Waals surface area contributed by atoms with Crippen molar-refractivity contribution in [1.82, 2.24) is 20.6 Å². The predicted octanol–water partition coefficient (Wildman–Crippen LogP) is 2.77. The molecule has 0 aliphatic heterocycles. The number of aliphatic hydroxyl groups excluding tert-OH is 1. The van der Waals surface area contributed by atoms with Crippen LogP contribution in [0.3, 0.4) is 0 Å². The molecule has 0 spiro atoms. The van der Waals surface area contributed by atoms with Crippen molar-refractivity contribution in [3.63, 3.8) is 0 Å². The van der Waals surface area contributed by atoms with Crippen molar-refractivity contribution in [3.05, 3.63) is 47.9 Å². The van der Waals surface area contributed by atoms with Crippen molar-refractivity contribution in [2.45, 2.75) is 45.8 Å². The van der Waals surface area contributed by atoms with E-state index in [1.807, 2.05) is 6.92 Å². The molecular weight excluding hydrogens is 445 g/mol. The number of aliphatic hydroxyl groups is 1. The molecule has 0 saturated heterocycles. The second-order valence-corrected chi connectivity index (χ2v) is 6.74. The van der Waals surface area contributed by atoms with Gasteiger partial charge in [-0.15, -0.1) is 24.0 Å². The summed E-state index contributed by atoms with van der Waals surface area (Å²) < 4.78 is 5.74. The molecule has 0 radical (unpaired) electrons. The summed E-state index contributed by atoms with van der Waals surface area (Å²) in [5, 5.41) is 16.5. The fourth-order valence-electron chi connectivity index (χ4n) is 2.12. The van der Waals surface area contributed by atoms with E-state index >= 15 is 0 Å². The van der Waals surface area contributed by atoms with Crippen LogP contribution in [0.25, 0.3) is 0 Å². The summed E-state index contributed by atoms with van der Waals surface area (Å²) >= 11 is 0. The zero-order valence-corrected chi connectivity index (χ0v) is 18.0. The molecule has 0 saturated carbocycles. The van der Waals surface area contributed by atoms with Crippen LogP contribution in [0.2, 0.25) is 0 Å². The van der Waals surface area contributed by atoms with E-state index in [9.17, 15) is 5.11 Å². The highest BCUT2D eigenvalue weighted by molar-refractivity contribution is 14.0. The smallest absolute Gasteiger partial charge is 0.216 e. The normalized spacial score (nSPS) is 13.0. The van der Waals surface area contributed by atoms with Gasteiger partial charge in [0.15, 0.2) is 5.96 Å². The van der Waals surface area contributed by atoms with Crippen molar-refractivity contribution in [1.29, 1.82) is 0 Å². The standard InChI is InChI=1S/C18H27N5O2.HI/c1-5-20-17(22-10-14(24)13-6-8-19-9-7-13)23-12-16-21-11-15(25-16)18(2,3)4;/h6-9,11,14,24H,5,10,12H2,1-4H3,(H2,20,22,23);1H. The number of hydrogen-bond acceptors (Lipinski definition) is 5. The largest absolute Gasteiger partial charge is 0.443 e. The van der Waals surface area contributed by atoms with Crippen LogP contribution in [0.15, 0.2) is 40.1 Å². The monoisotopic (exact) mass is 473 g/mol. The maximum absolute atomic E-state index is 10.2. The van der Waals surface area contributed by atoms with Gasteiger partial charge in [-0.2, -0.15) is 0 Å². The summed E-state index contributed by atoms with van der Waals surface area (Å²) in [6.45, 7) is 9.60. The van der Waals surface area contributed by atoms with E-state index in [4.69, 9.17) is 4.42 Å². The van der Waals surface area contributed by atoms with Gasteiger partial charge in [0.2, 0.25) is 5.89 Å². The number of halogens is 1. The van der Waals surface area contributed by atoms with E-state index in [0.29, 0.717) is 24.9 Å². The highest BCUT2D eigenvalue weighted by Gasteiger charge is 2.19. The lowest BCUT2D eigenvalue weighted by Crippen LogP contribution is -2.39. The van der Waals surface area contributed by atoms with Crippen molar-refractivity contribution >= 4 is 29.9 Å². The lowest BCUT2D eigenvalue weighted by atomic mass is 9.94. The molecule has 0 bridgehead atoms. The lowest BCUT2D eigenvalue weighted by Gasteiger charge is -2.15. The molecule has 3 N–H and O–H groups in total. The Hall–Kier alpha value is -1.68. The molecule has 7 nitrogen and oxygen atoms in total. The average Bonchev–Trinajstić information content (AvgIpc) is 3.07. The number of aliphatic imine (C=N–C) groups is 1. The average molecular weight is 473 g/mol. The van der Waals surface area contributed by atoms with Gasteiger partial charge in [0.25, 0.3) is 0 Å². The van der Waals surface area contributed by atoms with Gasteiger partial charge in [-0.1, -0.05) is 20.8 Å². The summed E-state index contributed by atoms with van der Waals surface area (Å²) in [7, 11) is 0. The van der Waals surface area contributed by atoms with Crippen LogP contribution in [0, 0.1) is 0 Å². The number of pyridine rings is 1. The number of rotatable bonds is 6. The SMILES string of the molecule is CCNC(=NCc1ncc(C(C)(C)C)o1)NCC(O)c1ccncc1.I. The minimum Gasteiger partial charge on any atom is -0.443 e. The van der Waals surface area contributed by atoms with Gasteiger partial charge in [-0.3, -0.25) is 4.98 Å². The maximum Gasteiger partial charge on any atom is 0.216 e. The number of hydrogen-bond donors (Lipinski definition) is 3. The molecule has 0 aliphatic rings. The zero-order valence-electron chi connectivity index (χ0n) is 15.7. The number of guanidine groups is 1. The second-order valence-electron chi connectivity index (χ2n) is 6.74. The summed E-state index contributed by atoms with van der Waals surface area (Å²) in [5.74, 6) is 2.01. The zero-order chi connectivity index (χ0) is 18.3. The Morgan fingerprint density at radius 1 is 1.27 bits per heavy atom. The van der Waals surface area contributed by atoms with Gasteiger partial charge < -0.3 is 20.2 Å². The van der Waals surface area contributed by atoms with E-state index in [-0.39, 0.29) is 29.4 Å². The minimum absolute atomic E-state index is 0. The van der Waals surface area contributed by atoms with Gasteiger partial charge in [0.05, 0.1) is 12.3 Å². The first-order valence-corrected chi connectivity index (χ1v) is 8.45. The van der Waals surface area contributed by atoms with Crippen molar-refractivity contribution in [3.8, 4) is 0 Å². The van der Waals surface area contributed by atoms with Crippen LogP contribution in [0.1, 0.15) is 51.0 Å². The van der Waals surface area contributed by atoms with Crippen LogP contribution in [0.4, 0.5) is 0 Å². The Balaban J connectivity index is 0.00000338. The molecule has 2 rings (SSSR count). The molecule has 2 heterocycles. The van der Waals surface area contributed by atoms with E-state index in [1.54, 1.807) is 30.7 Å². The molecule has 144 valence electrons. The molecule has 1 atom stereocenters. The van der Waals surface area contributed by atoms with E-state index in [0.717, 1.165) is 17.9 Å². The highest BCUT2D eigenvalue weighted by Crippen LogP contribution is 2.22. The number of oxazole rings is 1. The van der Waals surface area contributed by atoms with Gasteiger partial charge in [-0.25, -0.2) is 9.98 Å². The predicted molar refractivity (Wildman–Crippen MR) is 113 cm³/mol. The third kappa shape index (κ3) is 6.91. The molecule has 26 heavy (non-hydrogen) atoms. The third-order valence-corrected chi connectivity index (χ3v) is 3.56. The van der Waals surface area contributed by atoms with Crippen LogP contribution >= 0.6 is 24.0 Å². The number of nitrogens with one attached hydrogen (secondary N) is 2. The molecule has 0 fully saturated rings. The summed E-state index contributed by atoms with van der Waals surface area (Å²) in [5.41, 5.74) is 0.729. The first kappa shape index (κ1) is 22.4. The van der Waals surface area contributed by atoms with E-state index in [2.05, 4.69) is 46.4 Å².